The van der Waals surface area contributed by atoms with Crippen LogP contribution >= 0.6 is 0 Å². The highest BCUT2D eigenvalue weighted by Crippen LogP contribution is 2.35. The number of carbonyl (C=O) groups excluding carboxylic acids is 1. The molecule has 2 aromatic carbocycles. The van der Waals surface area contributed by atoms with E-state index >= 15 is 0 Å². The van der Waals surface area contributed by atoms with Crippen molar-refractivity contribution >= 4 is 16.1 Å². The average Bonchev–Trinajstić information content (AvgIpc) is 3.45. The Morgan fingerprint density at radius 3 is 2.58 bits per heavy atom. The van der Waals surface area contributed by atoms with Gasteiger partial charge in [0.15, 0.2) is 11.6 Å². The number of rotatable bonds is 9. The summed E-state index contributed by atoms with van der Waals surface area (Å²) < 4.78 is 79.8. The lowest BCUT2D eigenvalue weighted by Gasteiger charge is -2.38. The molecule has 0 aliphatic carbocycles. The largest absolute Gasteiger partial charge is 0.490 e. The van der Waals surface area contributed by atoms with E-state index in [0.717, 1.165) is 24.6 Å². The zero-order valence-corrected chi connectivity index (χ0v) is 21.5. The maximum Gasteiger partial charge on any atom is 0.409 e. The zero-order chi connectivity index (χ0) is 27.3. The van der Waals surface area contributed by atoms with Gasteiger partial charge in [-0.05, 0) is 42.5 Å². The smallest absolute Gasteiger partial charge is 0.409 e. The van der Waals surface area contributed by atoms with Crippen molar-refractivity contribution in [3.8, 4) is 5.75 Å². The first kappa shape index (κ1) is 27.5. The summed E-state index contributed by atoms with van der Waals surface area (Å²) in [6.45, 7) is 2.81. The van der Waals surface area contributed by atoms with Gasteiger partial charge in [0.1, 0.15) is 16.5 Å². The summed E-state index contributed by atoms with van der Waals surface area (Å²) in [6, 6.07) is 8.55. The quantitative estimate of drug-likeness (QED) is 0.349. The fourth-order valence-corrected chi connectivity index (χ4v) is 5.59. The zero-order valence-electron chi connectivity index (χ0n) is 20.7. The third kappa shape index (κ3) is 6.12. The van der Waals surface area contributed by atoms with Gasteiger partial charge >= 0.3 is 6.09 Å². The number of unbranched alkanes of at least 4 members (excludes halogenated alkanes) is 1. The van der Waals surface area contributed by atoms with E-state index in [1.54, 1.807) is 17.0 Å². The normalized spacial score (nSPS) is 17.8. The Morgan fingerprint density at radius 1 is 1.13 bits per heavy atom. The van der Waals surface area contributed by atoms with Crippen LogP contribution in [0.4, 0.5) is 18.0 Å². The molecule has 0 spiro atoms. The molecule has 0 saturated carbocycles. The molecule has 38 heavy (non-hydrogen) atoms. The minimum atomic E-state index is -4.43. The van der Waals surface area contributed by atoms with Gasteiger partial charge in [-0.25, -0.2) is 18.0 Å². The van der Waals surface area contributed by atoms with Gasteiger partial charge in [0, 0.05) is 37.3 Å². The number of nitrogens with zero attached hydrogens (tertiary/aromatic N) is 3. The number of aromatic nitrogens is 2. The van der Waals surface area contributed by atoms with E-state index in [1.165, 1.54) is 24.4 Å². The second kappa shape index (κ2) is 11.9. The fraction of sp³-hybridized carbons (Fsp3) is 0.385. The molecule has 1 aromatic heterocycles. The van der Waals surface area contributed by atoms with E-state index < -0.39 is 38.4 Å². The average molecular weight is 552 g/mol. The molecule has 8 nitrogen and oxygen atoms in total. The highest BCUT2D eigenvalue weighted by molar-refractivity contribution is 7.89. The van der Waals surface area contributed by atoms with Crippen LogP contribution < -0.4 is 4.74 Å². The highest BCUT2D eigenvalue weighted by Gasteiger charge is 2.34. The van der Waals surface area contributed by atoms with Gasteiger partial charge in [-0.3, -0.25) is 0 Å². The number of likely N-dealkylation sites (tertiary alicyclic amines) is 1. The number of halogens is 3. The summed E-state index contributed by atoms with van der Waals surface area (Å²) in [6.07, 6.45) is 3.98. The first-order valence-electron chi connectivity index (χ1n) is 12.2. The van der Waals surface area contributed by atoms with E-state index in [0.29, 0.717) is 35.8 Å². The van der Waals surface area contributed by atoms with Gasteiger partial charge < -0.3 is 14.4 Å². The Labute approximate surface area is 219 Å². The summed E-state index contributed by atoms with van der Waals surface area (Å²) in [7, 11) is -4.43. The standard InChI is InChI=1S/C26H28F3N3O5S/c1-2-3-13-36-26(33)31-12-9-21(18-5-7-20(27)8-6-18)19(16-31)17-37-24-14-23(29)25(15-22(24)28)38(34,35)32-11-4-10-30-32/h4-8,10-11,14-15,19,21H,2-3,9,12-13,16-17H2,1H3. The van der Waals surface area contributed by atoms with Gasteiger partial charge in [-0.1, -0.05) is 25.5 Å². The fourth-order valence-electron chi connectivity index (χ4n) is 4.42. The summed E-state index contributed by atoms with van der Waals surface area (Å²) in [5.74, 6) is -3.63. The van der Waals surface area contributed by atoms with E-state index in [9.17, 15) is 26.4 Å². The van der Waals surface area contributed by atoms with E-state index in [4.69, 9.17) is 9.47 Å². The molecule has 0 radical (unpaired) electrons. The predicted octanol–water partition coefficient (Wildman–Crippen LogP) is 4.96. The van der Waals surface area contributed by atoms with Crippen molar-refractivity contribution in [1.29, 1.82) is 0 Å². The highest BCUT2D eigenvalue weighted by atomic mass is 32.2. The number of benzene rings is 2. The summed E-state index contributed by atoms with van der Waals surface area (Å²) >= 11 is 0. The molecular weight excluding hydrogens is 523 g/mol. The molecule has 1 aliphatic heterocycles. The van der Waals surface area contributed by atoms with E-state index in [-0.39, 0.29) is 30.8 Å². The molecule has 2 atom stereocenters. The number of ether oxygens (including phenoxy) is 2. The SMILES string of the molecule is CCCCOC(=O)N1CCC(c2ccc(F)cc2)C(COc2cc(F)c(S(=O)(=O)n3cccn3)cc2F)C1. The van der Waals surface area contributed by atoms with Crippen LogP contribution in [-0.2, 0) is 14.8 Å². The van der Waals surface area contributed by atoms with E-state index in [1.807, 2.05) is 6.92 Å². The molecular formula is C26H28F3N3O5S. The van der Waals surface area contributed by atoms with Crippen molar-refractivity contribution in [2.45, 2.75) is 37.0 Å². The van der Waals surface area contributed by atoms with Crippen molar-refractivity contribution in [2.24, 2.45) is 5.92 Å². The molecule has 2 unspecified atom stereocenters. The van der Waals surface area contributed by atoms with Crippen LogP contribution in [0.2, 0.25) is 0 Å². The summed E-state index contributed by atoms with van der Waals surface area (Å²) in [5, 5.41) is 3.58. The number of piperidine rings is 1. The minimum Gasteiger partial charge on any atom is -0.490 e. The third-order valence-electron chi connectivity index (χ3n) is 6.46. The van der Waals surface area contributed by atoms with Crippen LogP contribution in [0.5, 0.6) is 5.75 Å². The van der Waals surface area contributed by atoms with Gasteiger partial charge in [0.25, 0.3) is 10.0 Å². The molecule has 4 rings (SSSR count). The first-order chi connectivity index (χ1) is 18.2. The molecule has 1 amide bonds. The number of carbonyl (C=O) groups is 1. The topological polar surface area (TPSA) is 90.7 Å². The lowest BCUT2D eigenvalue weighted by atomic mass is 9.81. The van der Waals surface area contributed by atoms with Gasteiger partial charge in [0.05, 0.1) is 19.4 Å². The van der Waals surface area contributed by atoms with Crippen LogP contribution in [-0.4, -0.2) is 54.9 Å². The Hall–Kier alpha value is -3.54. The Balaban J connectivity index is 1.53. The summed E-state index contributed by atoms with van der Waals surface area (Å²) in [5.41, 5.74) is 0.825. The third-order valence-corrected chi connectivity index (χ3v) is 8.03. The van der Waals surface area contributed by atoms with Gasteiger partial charge in [-0.2, -0.15) is 17.6 Å². The van der Waals surface area contributed by atoms with Gasteiger partial charge in [-0.15, -0.1) is 0 Å². The van der Waals surface area contributed by atoms with E-state index in [2.05, 4.69) is 5.10 Å². The van der Waals surface area contributed by atoms with Crippen LogP contribution in [0.15, 0.2) is 59.8 Å². The molecule has 1 saturated heterocycles. The number of hydrogen-bond donors (Lipinski definition) is 0. The monoisotopic (exact) mass is 551 g/mol. The molecule has 2 heterocycles. The van der Waals surface area contributed by atoms with Crippen molar-refractivity contribution in [1.82, 2.24) is 14.1 Å². The molecule has 0 N–H and O–H groups in total. The Kier molecular flexibility index (Phi) is 8.60. The maximum atomic E-state index is 14.9. The van der Waals surface area contributed by atoms with Crippen molar-refractivity contribution < 1.29 is 35.9 Å². The molecule has 1 aliphatic rings. The molecule has 3 aromatic rings. The maximum absolute atomic E-state index is 14.9. The first-order valence-corrected chi connectivity index (χ1v) is 13.7. The Morgan fingerprint density at radius 2 is 1.89 bits per heavy atom. The molecule has 12 heteroatoms. The lowest BCUT2D eigenvalue weighted by Crippen LogP contribution is -2.45. The van der Waals surface area contributed by atoms with Crippen LogP contribution in [0.1, 0.15) is 37.7 Å². The van der Waals surface area contributed by atoms with Crippen LogP contribution in [0.3, 0.4) is 0 Å². The summed E-state index contributed by atoms with van der Waals surface area (Å²) in [4.78, 5) is 13.2. The second-order valence-electron chi connectivity index (χ2n) is 9.03. The second-order valence-corrected chi connectivity index (χ2v) is 10.8. The molecule has 204 valence electrons. The van der Waals surface area contributed by atoms with Crippen molar-refractivity contribution in [3.63, 3.8) is 0 Å². The van der Waals surface area contributed by atoms with Crippen molar-refractivity contribution in [3.05, 3.63) is 77.9 Å². The van der Waals surface area contributed by atoms with Crippen LogP contribution in [0, 0.1) is 23.4 Å². The number of amides is 1. The van der Waals surface area contributed by atoms with Crippen LogP contribution in [0.25, 0.3) is 0 Å². The number of hydrogen-bond acceptors (Lipinski definition) is 6. The van der Waals surface area contributed by atoms with Gasteiger partial charge in [0.2, 0.25) is 0 Å². The lowest BCUT2D eigenvalue weighted by molar-refractivity contribution is 0.0671. The minimum absolute atomic E-state index is 0.109. The predicted molar refractivity (Wildman–Crippen MR) is 132 cm³/mol. The molecule has 0 bridgehead atoms. The van der Waals surface area contributed by atoms with Crippen molar-refractivity contribution in [2.75, 3.05) is 26.3 Å². The Bertz CT molecular complexity index is 1350. The molecule has 1 fully saturated rings.